The van der Waals surface area contributed by atoms with Gasteiger partial charge in [-0.25, -0.2) is 0 Å². The number of aryl methyl sites for hydroxylation is 2. The molecule has 1 aliphatic rings. The van der Waals surface area contributed by atoms with Gasteiger partial charge in [0.2, 0.25) is 0 Å². The van der Waals surface area contributed by atoms with Crippen molar-refractivity contribution in [3.05, 3.63) is 29.3 Å². The van der Waals surface area contributed by atoms with Crippen LogP contribution in [0, 0.1) is 0 Å². The average Bonchev–Trinajstić information content (AvgIpc) is 2.26. The predicted octanol–water partition coefficient (Wildman–Crippen LogP) is 4.13. The van der Waals surface area contributed by atoms with Gasteiger partial charge in [-0.15, -0.1) is 0 Å². The maximum Gasteiger partial charge on any atom is 0.119 e. The first-order valence-corrected chi connectivity index (χ1v) is 6.65. The molecule has 16 heavy (non-hydrogen) atoms. The van der Waals surface area contributed by atoms with Gasteiger partial charge in [-0.1, -0.05) is 38.7 Å². The van der Waals surface area contributed by atoms with Gasteiger partial charge in [-0.3, -0.25) is 0 Å². The lowest BCUT2D eigenvalue weighted by Crippen LogP contribution is -2.08. The number of rotatable bonds is 7. The van der Waals surface area contributed by atoms with Crippen molar-refractivity contribution in [2.75, 3.05) is 6.61 Å². The molecule has 0 fully saturated rings. The molecule has 0 saturated heterocycles. The third kappa shape index (κ3) is 3.01. The Morgan fingerprint density at radius 3 is 2.50 bits per heavy atom. The van der Waals surface area contributed by atoms with Crippen LogP contribution in [0.25, 0.3) is 0 Å². The summed E-state index contributed by atoms with van der Waals surface area (Å²) in [6.45, 7) is 3.13. The average molecular weight is 218 g/mol. The summed E-state index contributed by atoms with van der Waals surface area (Å²) in [5, 5.41) is 0. The quantitative estimate of drug-likeness (QED) is 0.625. The topological polar surface area (TPSA) is 9.23 Å². The zero-order valence-electron chi connectivity index (χ0n) is 10.3. The van der Waals surface area contributed by atoms with Crippen LogP contribution in [0.3, 0.4) is 0 Å². The van der Waals surface area contributed by atoms with Crippen molar-refractivity contribution >= 4 is 0 Å². The summed E-state index contributed by atoms with van der Waals surface area (Å²) in [5.41, 5.74) is 3.00. The fourth-order valence-corrected chi connectivity index (χ4v) is 2.16. The van der Waals surface area contributed by atoms with Crippen LogP contribution in [0.15, 0.2) is 18.2 Å². The maximum absolute atomic E-state index is 5.76. The summed E-state index contributed by atoms with van der Waals surface area (Å²) in [6.07, 6.45) is 9.01. The van der Waals surface area contributed by atoms with Crippen molar-refractivity contribution in [3.63, 3.8) is 0 Å². The summed E-state index contributed by atoms with van der Waals surface area (Å²) < 4.78 is 5.76. The Bertz CT molecular complexity index is 330. The van der Waals surface area contributed by atoms with Gasteiger partial charge in [0.05, 0.1) is 6.61 Å². The lowest BCUT2D eigenvalue weighted by Gasteiger charge is -2.19. The molecule has 1 aliphatic carbocycles. The highest BCUT2D eigenvalue weighted by Gasteiger charge is 2.12. The van der Waals surface area contributed by atoms with E-state index < -0.39 is 0 Å². The van der Waals surface area contributed by atoms with Crippen LogP contribution in [-0.4, -0.2) is 6.61 Å². The minimum atomic E-state index is 0.877. The summed E-state index contributed by atoms with van der Waals surface area (Å²) in [7, 11) is 0. The van der Waals surface area contributed by atoms with Gasteiger partial charge in [-0.2, -0.15) is 0 Å². The van der Waals surface area contributed by atoms with E-state index in [-0.39, 0.29) is 0 Å². The Morgan fingerprint density at radius 2 is 1.81 bits per heavy atom. The molecule has 1 nitrogen and oxygen atoms in total. The number of unbranched alkanes of at least 4 members (excludes halogenated alkanes) is 4. The van der Waals surface area contributed by atoms with E-state index in [1.807, 2.05) is 0 Å². The number of hydrogen-bond acceptors (Lipinski definition) is 1. The van der Waals surface area contributed by atoms with Gasteiger partial charge in [0.25, 0.3) is 0 Å². The Morgan fingerprint density at radius 1 is 1.00 bits per heavy atom. The molecule has 1 aromatic rings. The molecule has 1 heteroatoms. The van der Waals surface area contributed by atoms with E-state index in [0.29, 0.717) is 0 Å². The van der Waals surface area contributed by atoms with Crippen molar-refractivity contribution in [3.8, 4) is 5.75 Å². The molecule has 1 aromatic carbocycles. The van der Waals surface area contributed by atoms with Crippen molar-refractivity contribution in [1.29, 1.82) is 0 Å². The standard InChI is InChI=1S/C15H22O/c1-2-3-4-5-6-11-16-15-10-9-13-7-8-14(13)12-15/h9-10,12H,2-8,11H2,1H3. The second-order valence-electron chi connectivity index (χ2n) is 4.69. The maximum atomic E-state index is 5.76. The molecule has 0 radical (unpaired) electrons. The largest absolute Gasteiger partial charge is 0.494 e. The van der Waals surface area contributed by atoms with Crippen LogP contribution >= 0.6 is 0 Å². The number of benzene rings is 1. The highest BCUT2D eigenvalue weighted by molar-refractivity contribution is 5.41. The van der Waals surface area contributed by atoms with Gasteiger partial charge in [-0.05, 0) is 42.5 Å². The molecule has 0 saturated carbocycles. The molecule has 0 spiro atoms. The lowest BCUT2D eigenvalue weighted by molar-refractivity contribution is 0.304. The van der Waals surface area contributed by atoms with Crippen molar-refractivity contribution < 1.29 is 4.74 Å². The molecule has 0 unspecified atom stereocenters. The monoisotopic (exact) mass is 218 g/mol. The SMILES string of the molecule is CCCCCCCOc1ccc2c(c1)CC2. The van der Waals surface area contributed by atoms with Gasteiger partial charge < -0.3 is 4.74 Å². The van der Waals surface area contributed by atoms with E-state index in [2.05, 4.69) is 25.1 Å². The molecule has 0 aliphatic heterocycles. The fourth-order valence-electron chi connectivity index (χ4n) is 2.16. The van der Waals surface area contributed by atoms with Crippen LogP contribution in [0.2, 0.25) is 0 Å². The normalized spacial score (nSPS) is 13.1. The van der Waals surface area contributed by atoms with E-state index in [0.717, 1.165) is 12.4 Å². The molecule has 0 atom stereocenters. The van der Waals surface area contributed by atoms with Gasteiger partial charge in [0, 0.05) is 0 Å². The molecular formula is C15H22O. The van der Waals surface area contributed by atoms with Crippen LogP contribution in [0.5, 0.6) is 5.75 Å². The Balaban J connectivity index is 1.63. The molecule has 2 rings (SSSR count). The van der Waals surface area contributed by atoms with E-state index >= 15 is 0 Å². The molecule has 0 heterocycles. The zero-order valence-corrected chi connectivity index (χ0v) is 10.3. The van der Waals surface area contributed by atoms with Crippen molar-refractivity contribution in [2.45, 2.75) is 51.9 Å². The summed E-state index contributed by atoms with van der Waals surface area (Å²) >= 11 is 0. The highest BCUT2D eigenvalue weighted by atomic mass is 16.5. The summed E-state index contributed by atoms with van der Waals surface area (Å²) in [6, 6.07) is 6.54. The summed E-state index contributed by atoms with van der Waals surface area (Å²) in [4.78, 5) is 0. The molecule has 0 amide bonds. The second-order valence-corrected chi connectivity index (χ2v) is 4.69. The van der Waals surface area contributed by atoms with Crippen LogP contribution < -0.4 is 4.74 Å². The predicted molar refractivity (Wildman–Crippen MR) is 68.1 cm³/mol. The molecule has 88 valence electrons. The first-order chi connectivity index (χ1) is 7.90. The first kappa shape index (κ1) is 11.5. The minimum absolute atomic E-state index is 0.877. The number of fused-ring (bicyclic) bond motifs is 1. The van der Waals surface area contributed by atoms with Crippen LogP contribution in [0.4, 0.5) is 0 Å². The van der Waals surface area contributed by atoms with E-state index in [1.54, 1.807) is 0 Å². The first-order valence-electron chi connectivity index (χ1n) is 6.65. The van der Waals surface area contributed by atoms with Crippen molar-refractivity contribution in [2.24, 2.45) is 0 Å². The van der Waals surface area contributed by atoms with E-state index in [9.17, 15) is 0 Å². The van der Waals surface area contributed by atoms with Crippen LogP contribution in [0.1, 0.15) is 50.2 Å². The van der Waals surface area contributed by atoms with E-state index in [1.165, 1.54) is 56.1 Å². The number of ether oxygens (including phenoxy) is 1. The fraction of sp³-hybridized carbons (Fsp3) is 0.600. The Hall–Kier alpha value is -0.980. The highest BCUT2D eigenvalue weighted by Crippen LogP contribution is 2.26. The Kier molecular flexibility index (Phi) is 4.26. The van der Waals surface area contributed by atoms with Crippen molar-refractivity contribution in [1.82, 2.24) is 0 Å². The molecular weight excluding hydrogens is 196 g/mol. The third-order valence-electron chi connectivity index (χ3n) is 3.36. The van der Waals surface area contributed by atoms with Crippen LogP contribution in [-0.2, 0) is 12.8 Å². The smallest absolute Gasteiger partial charge is 0.119 e. The molecule has 0 bridgehead atoms. The van der Waals surface area contributed by atoms with E-state index in [4.69, 9.17) is 4.74 Å². The van der Waals surface area contributed by atoms with Gasteiger partial charge in [0.15, 0.2) is 0 Å². The third-order valence-corrected chi connectivity index (χ3v) is 3.36. The summed E-state index contributed by atoms with van der Waals surface area (Å²) in [5.74, 6) is 1.06. The Labute approximate surface area is 98.8 Å². The van der Waals surface area contributed by atoms with Gasteiger partial charge >= 0.3 is 0 Å². The molecule has 0 aromatic heterocycles. The minimum Gasteiger partial charge on any atom is -0.494 e. The zero-order chi connectivity index (χ0) is 11.2. The lowest BCUT2D eigenvalue weighted by atomic mass is 9.89. The molecule has 0 N–H and O–H groups in total. The van der Waals surface area contributed by atoms with Gasteiger partial charge in [0.1, 0.15) is 5.75 Å². The number of hydrogen-bond donors (Lipinski definition) is 0. The second kappa shape index (κ2) is 5.93.